The molecule has 1 fully saturated rings. The number of benzene rings is 2. The summed E-state index contributed by atoms with van der Waals surface area (Å²) >= 11 is 6.55. The van der Waals surface area contributed by atoms with Gasteiger partial charge in [0.2, 0.25) is 0 Å². The number of unbranched alkanes of at least 4 members (excludes halogenated alkanes) is 1. The van der Waals surface area contributed by atoms with E-state index in [0.29, 0.717) is 0 Å². The van der Waals surface area contributed by atoms with Crippen molar-refractivity contribution in [3.05, 3.63) is 70.6 Å². The van der Waals surface area contributed by atoms with Crippen LogP contribution in [0.1, 0.15) is 57.1 Å². The number of para-hydroxylation sites is 2. The average molecular weight is 440 g/mol. The molecule has 4 nitrogen and oxygen atoms in total. The molecule has 3 aromatic rings. The first-order valence-electron chi connectivity index (χ1n) is 11.8. The molecule has 1 atom stereocenters. The number of rotatable bonds is 9. The number of piperidine rings is 1. The molecule has 0 spiro atoms. The minimum absolute atomic E-state index is 0.119. The van der Waals surface area contributed by atoms with Crippen LogP contribution in [0.3, 0.4) is 0 Å². The van der Waals surface area contributed by atoms with Crippen molar-refractivity contribution in [2.75, 3.05) is 13.1 Å². The van der Waals surface area contributed by atoms with Gasteiger partial charge in [0.25, 0.3) is 0 Å². The highest BCUT2D eigenvalue weighted by Crippen LogP contribution is 2.28. The van der Waals surface area contributed by atoms with Gasteiger partial charge in [0.15, 0.2) is 0 Å². The first-order valence-corrected chi connectivity index (χ1v) is 12.2. The maximum absolute atomic E-state index is 13.5. The van der Waals surface area contributed by atoms with Crippen LogP contribution < -0.4 is 5.69 Å². The van der Waals surface area contributed by atoms with E-state index in [1.165, 1.54) is 5.56 Å². The number of nitrogens with zero attached hydrogens (tertiary/aromatic N) is 3. The summed E-state index contributed by atoms with van der Waals surface area (Å²) in [6, 6.07) is 19.1. The first-order chi connectivity index (χ1) is 15.2. The molecular weight excluding hydrogens is 406 g/mol. The van der Waals surface area contributed by atoms with Crippen LogP contribution in [0.15, 0.2) is 59.4 Å². The Balaban J connectivity index is 1.46. The topological polar surface area (TPSA) is 30.2 Å². The molecule has 4 rings (SSSR count). The standard InChI is InChI=1S/C26H34ClN3O/c1-2-10-25(27)28-19-16-22(17-20-28)30-24-15-7-6-14-23(24)29(26(30)31)18-9-8-13-21-11-4-3-5-12-21/h3-7,11-12,14-15,22,25H,2,8-10,13,16-20H2,1H3. The smallest absolute Gasteiger partial charge is 0.292 e. The molecule has 5 heteroatoms. The average Bonchev–Trinajstić information content (AvgIpc) is 3.09. The molecule has 0 aliphatic carbocycles. The van der Waals surface area contributed by atoms with Crippen LogP contribution in [0, 0.1) is 0 Å². The SMILES string of the molecule is CCCC(Cl)N1CCC(n2c(=O)n(CCCCc3ccccc3)c3ccccc32)CC1. The van der Waals surface area contributed by atoms with Gasteiger partial charge in [0, 0.05) is 25.7 Å². The summed E-state index contributed by atoms with van der Waals surface area (Å²) in [6.07, 6.45) is 7.24. The molecule has 0 amide bonds. The highest BCUT2D eigenvalue weighted by atomic mass is 35.5. The fourth-order valence-corrected chi connectivity index (χ4v) is 5.30. The van der Waals surface area contributed by atoms with Crippen molar-refractivity contribution in [1.29, 1.82) is 0 Å². The van der Waals surface area contributed by atoms with Crippen LogP contribution in [0.2, 0.25) is 0 Å². The number of hydrogen-bond acceptors (Lipinski definition) is 2. The maximum atomic E-state index is 13.5. The Morgan fingerprint density at radius 3 is 2.35 bits per heavy atom. The number of likely N-dealkylation sites (tertiary alicyclic amines) is 1. The minimum Gasteiger partial charge on any atom is -0.292 e. The molecule has 0 saturated carbocycles. The lowest BCUT2D eigenvalue weighted by Crippen LogP contribution is -2.41. The second-order valence-corrected chi connectivity index (χ2v) is 9.23. The van der Waals surface area contributed by atoms with E-state index in [2.05, 4.69) is 58.9 Å². The van der Waals surface area contributed by atoms with E-state index in [9.17, 15) is 4.79 Å². The van der Waals surface area contributed by atoms with Gasteiger partial charge in [-0.1, -0.05) is 55.8 Å². The van der Waals surface area contributed by atoms with E-state index >= 15 is 0 Å². The summed E-state index contributed by atoms with van der Waals surface area (Å²) in [4.78, 5) is 15.8. The predicted octanol–water partition coefficient (Wildman–Crippen LogP) is 5.83. The molecule has 1 aromatic heterocycles. The third kappa shape index (κ3) is 5.07. The third-order valence-corrected chi connectivity index (χ3v) is 7.09. The molecule has 1 unspecified atom stereocenters. The number of alkyl halides is 1. The number of aromatic nitrogens is 2. The van der Waals surface area contributed by atoms with Crippen molar-refractivity contribution in [1.82, 2.24) is 14.0 Å². The Bertz CT molecular complexity index is 1020. The van der Waals surface area contributed by atoms with Gasteiger partial charge < -0.3 is 0 Å². The van der Waals surface area contributed by atoms with E-state index in [1.54, 1.807) is 0 Å². The zero-order chi connectivity index (χ0) is 21.6. The Labute approximate surface area is 190 Å². The monoisotopic (exact) mass is 439 g/mol. The quantitative estimate of drug-likeness (QED) is 0.238. The maximum Gasteiger partial charge on any atom is 0.329 e. The minimum atomic E-state index is 0.119. The summed E-state index contributed by atoms with van der Waals surface area (Å²) in [5.74, 6) is 0. The summed E-state index contributed by atoms with van der Waals surface area (Å²) in [5.41, 5.74) is 3.77. The molecule has 2 heterocycles. The molecule has 1 aliphatic rings. The third-order valence-electron chi connectivity index (χ3n) is 6.60. The van der Waals surface area contributed by atoms with Crippen molar-refractivity contribution < 1.29 is 0 Å². The molecule has 1 saturated heterocycles. The molecule has 1 aliphatic heterocycles. The Morgan fingerprint density at radius 2 is 1.65 bits per heavy atom. The zero-order valence-corrected chi connectivity index (χ0v) is 19.3. The number of halogens is 1. The van der Waals surface area contributed by atoms with Crippen molar-refractivity contribution in [3.63, 3.8) is 0 Å². The van der Waals surface area contributed by atoms with Crippen LogP contribution in [0.4, 0.5) is 0 Å². The summed E-state index contributed by atoms with van der Waals surface area (Å²) < 4.78 is 4.06. The van der Waals surface area contributed by atoms with Gasteiger partial charge in [-0.2, -0.15) is 0 Å². The number of aryl methyl sites for hydroxylation is 2. The number of imidazole rings is 1. The first kappa shape index (κ1) is 22.2. The Morgan fingerprint density at radius 1 is 0.968 bits per heavy atom. The summed E-state index contributed by atoms with van der Waals surface area (Å²) in [7, 11) is 0. The second kappa shape index (κ2) is 10.5. The van der Waals surface area contributed by atoms with Gasteiger partial charge >= 0.3 is 5.69 Å². The van der Waals surface area contributed by atoms with Crippen molar-refractivity contribution in [2.45, 2.75) is 70.0 Å². The highest BCUT2D eigenvalue weighted by Gasteiger charge is 2.27. The van der Waals surface area contributed by atoms with Gasteiger partial charge in [0.1, 0.15) is 0 Å². The molecule has 166 valence electrons. The molecular formula is C26H34ClN3O. The number of hydrogen-bond donors (Lipinski definition) is 0. The van der Waals surface area contributed by atoms with Crippen molar-refractivity contribution >= 4 is 22.6 Å². The zero-order valence-electron chi connectivity index (χ0n) is 18.5. The summed E-state index contributed by atoms with van der Waals surface area (Å²) in [6.45, 7) is 4.87. The predicted molar refractivity (Wildman–Crippen MR) is 130 cm³/mol. The normalized spacial score (nSPS) is 16.7. The van der Waals surface area contributed by atoms with Gasteiger partial charge in [-0.3, -0.25) is 14.0 Å². The van der Waals surface area contributed by atoms with E-state index in [0.717, 1.165) is 75.6 Å². The van der Waals surface area contributed by atoms with Crippen LogP contribution in [-0.4, -0.2) is 32.6 Å². The van der Waals surface area contributed by atoms with E-state index < -0.39 is 0 Å². The van der Waals surface area contributed by atoms with Crippen LogP contribution >= 0.6 is 11.6 Å². The molecule has 31 heavy (non-hydrogen) atoms. The lowest BCUT2D eigenvalue weighted by atomic mass is 10.0. The summed E-state index contributed by atoms with van der Waals surface area (Å²) in [5, 5.41) is 0. The molecule has 0 radical (unpaired) electrons. The second-order valence-electron chi connectivity index (χ2n) is 8.73. The van der Waals surface area contributed by atoms with Crippen LogP contribution in [-0.2, 0) is 13.0 Å². The largest absolute Gasteiger partial charge is 0.329 e. The van der Waals surface area contributed by atoms with E-state index in [-0.39, 0.29) is 17.2 Å². The van der Waals surface area contributed by atoms with Crippen LogP contribution in [0.25, 0.3) is 11.0 Å². The lowest BCUT2D eigenvalue weighted by molar-refractivity contribution is 0.166. The van der Waals surface area contributed by atoms with Gasteiger partial charge in [-0.15, -0.1) is 11.6 Å². The fourth-order valence-electron chi connectivity index (χ4n) is 4.89. The van der Waals surface area contributed by atoms with Gasteiger partial charge in [0.05, 0.1) is 16.5 Å². The highest BCUT2D eigenvalue weighted by molar-refractivity contribution is 6.20. The Hall–Kier alpha value is -2.04. The molecule has 0 bridgehead atoms. The fraction of sp³-hybridized carbons (Fsp3) is 0.500. The molecule has 2 aromatic carbocycles. The van der Waals surface area contributed by atoms with Crippen molar-refractivity contribution in [2.24, 2.45) is 0 Å². The Kier molecular flexibility index (Phi) is 7.52. The van der Waals surface area contributed by atoms with E-state index in [1.807, 2.05) is 16.7 Å². The lowest BCUT2D eigenvalue weighted by Gasteiger charge is -2.35. The number of fused-ring (bicyclic) bond motifs is 1. The van der Waals surface area contributed by atoms with Gasteiger partial charge in [-0.25, -0.2) is 4.79 Å². The van der Waals surface area contributed by atoms with Crippen LogP contribution in [0.5, 0.6) is 0 Å². The van der Waals surface area contributed by atoms with Gasteiger partial charge in [-0.05, 0) is 56.2 Å². The van der Waals surface area contributed by atoms with Crippen molar-refractivity contribution in [3.8, 4) is 0 Å². The molecule has 0 N–H and O–H groups in total. The van der Waals surface area contributed by atoms with E-state index in [4.69, 9.17) is 11.6 Å².